The van der Waals surface area contributed by atoms with Crippen LogP contribution in [0.4, 0.5) is 0 Å². The van der Waals surface area contributed by atoms with Gasteiger partial charge >= 0.3 is 0 Å². The minimum atomic E-state index is -0.0937. The standard InChI is InChI=1S/C22H23BrN4O4/c1-26-19(11-18(25-26)17-10-15(29-2)5-6-20(17)30-3)22(28)27-9-8-16(13-27)31-21-7-4-14(23)12-24-21/h4-7,10-12,16H,8-9,13H2,1-3H3. The molecule has 8 nitrogen and oxygen atoms in total. The number of hydrogen-bond acceptors (Lipinski definition) is 6. The van der Waals surface area contributed by atoms with Gasteiger partial charge in [0.2, 0.25) is 5.88 Å². The molecule has 3 aromatic rings. The van der Waals surface area contributed by atoms with Crippen molar-refractivity contribution >= 4 is 21.8 Å². The number of ether oxygens (including phenoxy) is 3. The first-order valence-electron chi connectivity index (χ1n) is 9.82. The van der Waals surface area contributed by atoms with Crippen LogP contribution in [0.5, 0.6) is 17.4 Å². The smallest absolute Gasteiger partial charge is 0.272 e. The Morgan fingerprint density at radius 1 is 1.16 bits per heavy atom. The molecule has 1 fully saturated rings. The van der Waals surface area contributed by atoms with Gasteiger partial charge in [0.15, 0.2) is 0 Å². The number of halogens is 1. The number of pyridine rings is 1. The molecule has 0 aliphatic carbocycles. The molecule has 1 aliphatic rings. The van der Waals surface area contributed by atoms with Gasteiger partial charge < -0.3 is 19.1 Å². The lowest BCUT2D eigenvalue weighted by molar-refractivity contribution is 0.0760. The van der Waals surface area contributed by atoms with Crippen LogP contribution in [-0.2, 0) is 7.05 Å². The largest absolute Gasteiger partial charge is 0.497 e. The Kier molecular flexibility index (Phi) is 6.13. The molecule has 1 aromatic carbocycles. The molecule has 0 spiro atoms. The highest BCUT2D eigenvalue weighted by atomic mass is 79.9. The molecule has 4 rings (SSSR count). The van der Waals surface area contributed by atoms with E-state index in [4.69, 9.17) is 14.2 Å². The minimum Gasteiger partial charge on any atom is -0.497 e. The summed E-state index contributed by atoms with van der Waals surface area (Å²) in [6.45, 7) is 1.11. The Morgan fingerprint density at radius 2 is 2.00 bits per heavy atom. The van der Waals surface area contributed by atoms with E-state index < -0.39 is 0 Å². The third-order valence-corrected chi connectivity index (χ3v) is 5.67. The van der Waals surface area contributed by atoms with Crippen LogP contribution in [0, 0.1) is 0 Å². The first kappa shape index (κ1) is 21.2. The van der Waals surface area contributed by atoms with E-state index in [9.17, 15) is 4.79 Å². The summed E-state index contributed by atoms with van der Waals surface area (Å²) in [6, 6.07) is 11.0. The molecular weight excluding hydrogens is 464 g/mol. The molecule has 9 heteroatoms. The maximum Gasteiger partial charge on any atom is 0.272 e. The van der Waals surface area contributed by atoms with Gasteiger partial charge in [-0.15, -0.1) is 0 Å². The van der Waals surface area contributed by atoms with E-state index in [1.165, 1.54) is 0 Å². The van der Waals surface area contributed by atoms with Gasteiger partial charge in [0, 0.05) is 42.3 Å². The Hall–Kier alpha value is -3.07. The zero-order valence-electron chi connectivity index (χ0n) is 17.5. The summed E-state index contributed by atoms with van der Waals surface area (Å²) < 4.78 is 19.2. The number of nitrogens with zero attached hydrogens (tertiary/aromatic N) is 4. The number of aryl methyl sites for hydroxylation is 1. The first-order chi connectivity index (χ1) is 15.0. The van der Waals surface area contributed by atoms with Crippen LogP contribution in [0.25, 0.3) is 11.3 Å². The van der Waals surface area contributed by atoms with Gasteiger partial charge in [-0.05, 0) is 46.3 Å². The Balaban J connectivity index is 1.50. The van der Waals surface area contributed by atoms with Crippen LogP contribution in [0.15, 0.2) is 47.1 Å². The molecular formula is C22H23BrN4O4. The van der Waals surface area contributed by atoms with E-state index >= 15 is 0 Å². The van der Waals surface area contributed by atoms with Gasteiger partial charge in [0.25, 0.3) is 5.91 Å². The van der Waals surface area contributed by atoms with Crippen molar-refractivity contribution in [2.45, 2.75) is 12.5 Å². The Labute approximate surface area is 188 Å². The van der Waals surface area contributed by atoms with Crippen LogP contribution in [0.2, 0.25) is 0 Å². The monoisotopic (exact) mass is 486 g/mol. The summed E-state index contributed by atoms with van der Waals surface area (Å²) in [5.41, 5.74) is 1.91. The number of aromatic nitrogens is 3. The number of hydrogen-bond donors (Lipinski definition) is 0. The van der Waals surface area contributed by atoms with E-state index in [-0.39, 0.29) is 12.0 Å². The molecule has 162 valence electrons. The second kappa shape index (κ2) is 8.97. The molecule has 1 saturated heterocycles. The second-order valence-electron chi connectivity index (χ2n) is 7.20. The van der Waals surface area contributed by atoms with Crippen LogP contribution >= 0.6 is 15.9 Å². The zero-order valence-corrected chi connectivity index (χ0v) is 19.1. The topological polar surface area (TPSA) is 78.7 Å². The van der Waals surface area contributed by atoms with E-state index in [0.29, 0.717) is 41.9 Å². The fraction of sp³-hybridized carbons (Fsp3) is 0.318. The molecule has 3 heterocycles. The van der Waals surface area contributed by atoms with Crippen molar-refractivity contribution in [2.75, 3.05) is 27.3 Å². The van der Waals surface area contributed by atoms with Crippen LogP contribution < -0.4 is 14.2 Å². The van der Waals surface area contributed by atoms with Crippen LogP contribution in [0.1, 0.15) is 16.9 Å². The normalized spacial score (nSPS) is 15.7. The van der Waals surface area contributed by atoms with Crippen molar-refractivity contribution in [3.05, 3.63) is 52.8 Å². The van der Waals surface area contributed by atoms with Gasteiger partial charge in [0.05, 0.1) is 26.5 Å². The molecule has 1 unspecified atom stereocenters. The van der Waals surface area contributed by atoms with Gasteiger partial charge in [-0.25, -0.2) is 4.98 Å². The third-order valence-electron chi connectivity index (χ3n) is 5.20. The van der Waals surface area contributed by atoms with Crippen molar-refractivity contribution in [3.8, 4) is 28.6 Å². The Bertz CT molecular complexity index is 1080. The molecule has 1 aliphatic heterocycles. The molecule has 1 amide bonds. The summed E-state index contributed by atoms with van der Waals surface area (Å²) >= 11 is 3.36. The zero-order chi connectivity index (χ0) is 22.0. The number of likely N-dealkylation sites (tertiary alicyclic amines) is 1. The van der Waals surface area contributed by atoms with E-state index in [1.54, 1.807) is 43.1 Å². The van der Waals surface area contributed by atoms with Crippen molar-refractivity contribution in [3.63, 3.8) is 0 Å². The number of carbonyl (C=O) groups is 1. The maximum atomic E-state index is 13.2. The number of amides is 1. The number of methoxy groups -OCH3 is 2. The van der Waals surface area contributed by atoms with Crippen LogP contribution in [0.3, 0.4) is 0 Å². The molecule has 0 N–H and O–H groups in total. The van der Waals surface area contributed by atoms with Gasteiger partial charge in [-0.3, -0.25) is 9.48 Å². The first-order valence-corrected chi connectivity index (χ1v) is 10.6. The molecule has 0 saturated carbocycles. The van der Waals surface area contributed by atoms with Gasteiger partial charge in [-0.2, -0.15) is 5.10 Å². The van der Waals surface area contributed by atoms with E-state index in [1.807, 2.05) is 30.3 Å². The highest BCUT2D eigenvalue weighted by Crippen LogP contribution is 2.33. The van der Waals surface area contributed by atoms with E-state index in [2.05, 4.69) is 26.0 Å². The number of carbonyl (C=O) groups excluding carboxylic acids is 1. The second-order valence-corrected chi connectivity index (χ2v) is 8.11. The molecule has 2 aromatic heterocycles. The fourth-order valence-electron chi connectivity index (χ4n) is 3.59. The SMILES string of the molecule is COc1ccc(OC)c(-c2cc(C(=O)N3CCC(Oc4ccc(Br)cn4)C3)n(C)n2)c1. The van der Waals surface area contributed by atoms with Crippen LogP contribution in [-0.4, -0.2) is 59.0 Å². The van der Waals surface area contributed by atoms with Crippen molar-refractivity contribution in [1.29, 1.82) is 0 Å². The highest BCUT2D eigenvalue weighted by molar-refractivity contribution is 9.10. The summed E-state index contributed by atoms with van der Waals surface area (Å²) in [4.78, 5) is 19.2. The number of benzene rings is 1. The minimum absolute atomic E-state index is 0.0852. The highest BCUT2D eigenvalue weighted by Gasteiger charge is 2.30. The lowest BCUT2D eigenvalue weighted by Crippen LogP contribution is -2.32. The average Bonchev–Trinajstić information content (AvgIpc) is 3.41. The van der Waals surface area contributed by atoms with E-state index in [0.717, 1.165) is 16.5 Å². The summed E-state index contributed by atoms with van der Waals surface area (Å²) in [6.07, 6.45) is 2.35. The van der Waals surface area contributed by atoms with Crippen molar-refractivity contribution < 1.29 is 19.0 Å². The van der Waals surface area contributed by atoms with Crippen molar-refractivity contribution in [1.82, 2.24) is 19.7 Å². The molecule has 31 heavy (non-hydrogen) atoms. The fourth-order valence-corrected chi connectivity index (χ4v) is 3.82. The van der Waals surface area contributed by atoms with Crippen molar-refractivity contribution in [2.24, 2.45) is 7.05 Å². The lowest BCUT2D eigenvalue weighted by atomic mass is 10.1. The predicted octanol–water partition coefficient (Wildman–Crippen LogP) is 3.56. The average molecular weight is 487 g/mol. The van der Waals surface area contributed by atoms with Gasteiger partial charge in [-0.1, -0.05) is 0 Å². The quantitative estimate of drug-likeness (QED) is 0.529. The summed E-state index contributed by atoms with van der Waals surface area (Å²) in [7, 11) is 4.97. The molecule has 1 atom stereocenters. The predicted molar refractivity (Wildman–Crippen MR) is 119 cm³/mol. The third kappa shape index (κ3) is 4.51. The lowest BCUT2D eigenvalue weighted by Gasteiger charge is -2.16. The number of rotatable bonds is 6. The molecule has 0 bridgehead atoms. The maximum absolute atomic E-state index is 13.2. The summed E-state index contributed by atoms with van der Waals surface area (Å²) in [5, 5.41) is 4.54. The Morgan fingerprint density at radius 3 is 2.71 bits per heavy atom. The summed E-state index contributed by atoms with van der Waals surface area (Å²) in [5.74, 6) is 1.82. The molecule has 0 radical (unpaired) electrons. The van der Waals surface area contributed by atoms with Gasteiger partial charge in [0.1, 0.15) is 23.3 Å².